The summed E-state index contributed by atoms with van der Waals surface area (Å²) in [7, 11) is -3.13. The zero-order chi connectivity index (χ0) is 19.3. The minimum atomic E-state index is -3.13. The van der Waals surface area contributed by atoms with Gasteiger partial charge in [0.1, 0.15) is 0 Å². The molecule has 150 valence electrons. The monoisotopic (exact) mass is 393 g/mol. The molecule has 7 heteroatoms. The van der Waals surface area contributed by atoms with E-state index in [-0.39, 0.29) is 17.7 Å². The highest BCUT2D eigenvalue weighted by molar-refractivity contribution is 7.89. The Hall–Kier alpha value is -1.44. The topological polar surface area (TPSA) is 69.7 Å². The summed E-state index contributed by atoms with van der Waals surface area (Å²) in [6, 6.07) is 10.3. The average Bonchev–Trinajstić information content (AvgIpc) is 3.22. The van der Waals surface area contributed by atoms with E-state index in [1.165, 1.54) is 22.7 Å². The second kappa shape index (κ2) is 9.17. The van der Waals surface area contributed by atoms with E-state index < -0.39 is 10.0 Å². The maximum absolute atomic E-state index is 12.7. The molecule has 1 saturated carbocycles. The van der Waals surface area contributed by atoms with E-state index in [1.54, 1.807) is 6.92 Å². The highest BCUT2D eigenvalue weighted by Gasteiger charge is 2.29. The summed E-state index contributed by atoms with van der Waals surface area (Å²) in [6.07, 6.45) is 4.79. The van der Waals surface area contributed by atoms with Crippen molar-refractivity contribution in [3.05, 3.63) is 35.9 Å². The number of amides is 1. The van der Waals surface area contributed by atoms with E-state index >= 15 is 0 Å². The molecule has 2 fully saturated rings. The normalized spacial score (nSPS) is 21.2. The number of nitrogens with zero attached hydrogens (tertiary/aromatic N) is 2. The highest BCUT2D eigenvalue weighted by atomic mass is 32.2. The highest BCUT2D eigenvalue weighted by Crippen LogP contribution is 2.35. The Morgan fingerprint density at radius 3 is 2.33 bits per heavy atom. The number of sulfonamides is 1. The molecule has 1 aliphatic carbocycles. The molecule has 1 aromatic carbocycles. The molecule has 1 aliphatic heterocycles. The molecule has 2 aliphatic rings. The lowest BCUT2D eigenvalue weighted by Gasteiger charge is -2.34. The van der Waals surface area contributed by atoms with Crippen LogP contribution in [0.5, 0.6) is 0 Å². The van der Waals surface area contributed by atoms with Crippen molar-refractivity contribution in [2.75, 3.05) is 38.5 Å². The van der Waals surface area contributed by atoms with Gasteiger partial charge in [0.15, 0.2) is 0 Å². The van der Waals surface area contributed by atoms with Crippen molar-refractivity contribution in [3.8, 4) is 0 Å². The summed E-state index contributed by atoms with van der Waals surface area (Å²) in [4.78, 5) is 14.8. The quantitative estimate of drug-likeness (QED) is 0.769. The molecule has 0 unspecified atom stereocenters. The Bertz CT molecular complexity index is 709. The number of nitrogens with one attached hydrogen (secondary N) is 1. The Morgan fingerprint density at radius 2 is 1.74 bits per heavy atom. The standard InChI is InChI=1S/C20H31N3O3S/c1-2-27(25,26)23-14-12-22(13-15-23)16-19(24)21-20(18-10-6-7-11-18)17-8-4-3-5-9-17/h3-5,8-9,18,20H,2,6-7,10-16H2,1H3,(H,21,24)/t20-/m0/s1. The molecule has 27 heavy (non-hydrogen) atoms. The maximum Gasteiger partial charge on any atom is 0.234 e. The van der Waals surface area contributed by atoms with Crippen LogP contribution in [-0.2, 0) is 14.8 Å². The molecule has 1 heterocycles. The predicted molar refractivity (Wildman–Crippen MR) is 107 cm³/mol. The fourth-order valence-corrected chi connectivity index (χ4v) is 5.28. The third-order valence-electron chi connectivity index (χ3n) is 5.80. The first-order chi connectivity index (χ1) is 13.0. The maximum atomic E-state index is 12.7. The van der Waals surface area contributed by atoms with Crippen molar-refractivity contribution in [1.82, 2.24) is 14.5 Å². The van der Waals surface area contributed by atoms with Crippen LogP contribution in [0.2, 0.25) is 0 Å². The van der Waals surface area contributed by atoms with Gasteiger partial charge in [-0.3, -0.25) is 9.69 Å². The van der Waals surface area contributed by atoms with Gasteiger partial charge in [0.05, 0.1) is 18.3 Å². The Balaban J connectivity index is 1.56. The van der Waals surface area contributed by atoms with Gasteiger partial charge in [-0.25, -0.2) is 8.42 Å². The minimum Gasteiger partial charge on any atom is -0.348 e. The molecular formula is C20H31N3O3S. The first-order valence-electron chi connectivity index (χ1n) is 10.0. The van der Waals surface area contributed by atoms with E-state index in [1.807, 2.05) is 23.1 Å². The molecule has 3 rings (SSSR count). The van der Waals surface area contributed by atoms with Crippen LogP contribution < -0.4 is 5.32 Å². The van der Waals surface area contributed by atoms with Gasteiger partial charge in [0, 0.05) is 26.2 Å². The molecular weight excluding hydrogens is 362 g/mol. The molecule has 1 amide bonds. The van der Waals surface area contributed by atoms with Crippen LogP contribution in [0, 0.1) is 5.92 Å². The summed E-state index contributed by atoms with van der Waals surface area (Å²) in [6.45, 7) is 4.14. The molecule has 0 bridgehead atoms. The summed E-state index contributed by atoms with van der Waals surface area (Å²) >= 11 is 0. The smallest absolute Gasteiger partial charge is 0.234 e. The van der Waals surface area contributed by atoms with Crippen LogP contribution in [0.15, 0.2) is 30.3 Å². The van der Waals surface area contributed by atoms with Crippen molar-refractivity contribution in [2.45, 2.75) is 38.6 Å². The zero-order valence-electron chi connectivity index (χ0n) is 16.1. The molecule has 0 radical (unpaired) electrons. The summed E-state index contributed by atoms with van der Waals surface area (Å²) in [5.41, 5.74) is 1.18. The molecule has 1 atom stereocenters. The number of hydrogen-bond donors (Lipinski definition) is 1. The van der Waals surface area contributed by atoms with Crippen molar-refractivity contribution in [1.29, 1.82) is 0 Å². The fourth-order valence-electron chi connectivity index (χ4n) is 4.20. The zero-order valence-corrected chi connectivity index (χ0v) is 17.0. The molecule has 0 aromatic heterocycles. The van der Waals surface area contributed by atoms with Gasteiger partial charge in [-0.15, -0.1) is 0 Å². The van der Waals surface area contributed by atoms with E-state index in [2.05, 4.69) is 17.4 Å². The van der Waals surface area contributed by atoms with Crippen LogP contribution in [0.1, 0.15) is 44.2 Å². The first-order valence-corrected chi connectivity index (χ1v) is 11.6. The third kappa shape index (κ3) is 5.30. The van der Waals surface area contributed by atoms with Gasteiger partial charge in [-0.05, 0) is 31.2 Å². The lowest BCUT2D eigenvalue weighted by Crippen LogP contribution is -2.51. The van der Waals surface area contributed by atoms with E-state index in [0.29, 0.717) is 38.6 Å². The second-order valence-electron chi connectivity index (χ2n) is 7.58. The van der Waals surface area contributed by atoms with E-state index in [4.69, 9.17) is 0 Å². The summed E-state index contributed by atoms with van der Waals surface area (Å²) in [5.74, 6) is 0.665. The lowest BCUT2D eigenvalue weighted by atomic mass is 9.91. The number of benzene rings is 1. The number of hydrogen-bond acceptors (Lipinski definition) is 4. The molecule has 1 N–H and O–H groups in total. The molecule has 0 spiro atoms. The SMILES string of the molecule is CCS(=O)(=O)N1CCN(CC(=O)N[C@@H](c2ccccc2)C2CCCC2)CC1. The van der Waals surface area contributed by atoms with Crippen molar-refractivity contribution in [3.63, 3.8) is 0 Å². The second-order valence-corrected chi connectivity index (χ2v) is 9.83. The Kier molecular flexibility index (Phi) is 6.89. The number of rotatable bonds is 7. The van der Waals surface area contributed by atoms with E-state index in [9.17, 15) is 13.2 Å². The fraction of sp³-hybridized carbons (Fsp3) is 0.650. The van der Waals surface area contributed by atoms with Gasteiger partial charge < -0.3 is 5.32 Å². The Morgan fingerprint density at radius 1 is 1.11 bits per heavy atom. The van der Waals surface area contributed by atoms with Crippen LogP contribution in [0.3, 0.4) is 0 Å². The average molecular weight is 394 g/mol. The van der Waals surface area contributed by atoms with Crippen LogP contribution >= 0.6 is 0 Å². The van der Waals surface area contributed by atoms with Gasteiger partial charge in [-0.2, -0.15) is 4.31 Å². The van der Waals surface area contributed by atoms with Gasteiger partial charge in [-0.1, -0.05) is 43.2 Å². The Labute approximate surface area is 163 Å². The van der Waals surface area contributed by atoms with Gasteiger partial charge in [0.2, 0.25) is 15.9 Å². The van der Waals surface area contributed by atoms with Crippen molar-refractivity contribution in [2.24, 2.45) is 5.92 Å². The van der Waals surface area contributed by atoms with Gasteiger partial charge >= 0.3 is 0 Å². The largest absolute Gasteiger partial charge is 0.348 e. The molecule has 6 nitrogen and oxygen atoms in total. The number of carbonyl (C=O) groups excluding carboxylic acids is 1. The summed E-state index contributed by atoms with van der Waals surface area (Å²) in [5, 5.41) is 3.26. The molecule has 1 saturated heterocycles. The van der Waals surface area contributed by atoms with Crippen molar-refractivity contribution < 1.29 is 13.2 Å². The molecule has 1 aromatic rings. The van der Waals surface area contributed by atoms with Crippen LogP contribution in [-0.4, -0.2) is 62.0 Å². The first kappa shape index (κ1) is 20.3. The van der Waals surface area contributed by atoms with Crippen LogP contribution in [0.25, 0.3) is 0 Å². The van der Waals surface area contributed by atoms with Crippen LogP contribution in [0.4, 0.5) is 0 Å². The summed E-state index contributed by atoms with van der Waals surface area (Å²) < 4.78 is 25.5. The minimum absolute atomic E-state index is 0.0301. The number of carbonyl (C=O) groups is 1. The third-order valence-corrected chi connectivity index (χ3v) is 7.68. The van der Waals surface area contributed by atoms with E-state index in [0.717, 1.165) is 12.8 Å². The van der Waals surface area contributed by atoms with Gasteiger partial charge in [0.25, 0.3) is 0 Å². The lowest BCUT2D eigenvalue weighted by molar-refractivity contribution is -0.123. The van der Waals surface area contributed by atoms with Crippen molar-refractivity contribution >= 4 is 15.9 Å². The number of piperazine rings is 1. The predicted octanol–water partition coefficient (Wildman–Crippen LogP) is 2.00.